The topological polar surface area (TPSA) is 66.2 Å². The number of carbonyl (C=O) groups is 1. The number of hydrogen-bond donors (Lipinski definition) is 0. The molecule has 1 aliphatic rings. The zero-order chi connectivity index (χ0) is 20.2. The van der Waals surface area contributed by atoms with Gasteiger partial charge in [0, 0.05) is 19.4 Å². The molecule has 1 saturated heterocycles. The van der Waals surface area contributed by atoms with Crippen LogP contribution in [0, 0.1) is 11.9 Å². The molecule has 0 spiro atoms. The number of carbonyl (C=O) groups excluding carboxylic acids is 1. The Hall–Kier alpha value is -3.13. The van der Waals surface area contributed by atoms with Crippen molar-refractivity contribution in [1.82, 2.24) is 14.8 Å². The van der Waals surface area contributed by atoms with Gasteiger partial charge in [0.1, 0.15) is 17.9 Å². The van der Waals surface area contributed by atoms with Crippen molar-refractivity contribution in [2.45, 2.75) is 25.5 Å². The van der Waals surface area contributed by atoms with Crippen molar-refractivity contribution >= 4 is 5.97 Å². The summed E-state index contributed by atoms with van der Waals surface area (Å²) in [6.07, 6.45) is 3.01. The fraction of sp³-hybridized carbons (Fsp3) is 0.286. The van der Waals surface area contributed by atoms with E-state index in [1.807, 2.05) is 30.3 Å². The van der Waals surface area contributed by atoms with Crippen molar-refractivity contribution in [2.75, 3.05) is 13.2 Å². The first-order valence-electron chi connectivity index (χ1n) is 9.32. The van der Waals surface area contributed by atoms with Gasteiger partial charge in [-0.1, -0.05) is 30.3 Å². The maximum absolute atomic E-state index is 14.3. The van der Waals surface area contributed by atoms with Crippen LogP contribution >= 0.6 is 0 Å². The first-order chi connectivity index (χ1) is 14.1. The van der Waals surface area contributed by atoms with E-state index in [0.717, 1.165) is 24.5 Å². The lowest BCUT2D eigenvalue weighted by molar-refractivity contribution is 0.0472. The van der Waals surface area contributed by atoms with Crippen LogP contribution in [0.15, 0.2) is 48.7 Å². The average Bonchev–Trinajstić information content (AvgIpc) is 3.19. The van der Waals surface area contributed by atoms with Crippen LogP contribution in [0.5, 0.6) is 0 Å². The predicted octanol–water partition coefficient (Wildman–Crippen LogP) is 3.93. The van der Waals surface area contributed by atoms with Gasteiger partial charge in [-0.3, -0.25) is 4.68 Å². The van der Waals surface area contributed by atoms with Crippen LogP contribution in [0.1, 0.15) is 34.8 Å². The van der Waals surface area contributed by atoms with Gasteiger partial charge >= 0.3 is 5.97 Å². The van der Waals surface area contributed by atoms with Crippen molar-refractivity contribution < 1.29 is 23.0 Å². The number of benzene rings is 1. The highest BCUT2D eigenvalue weighted by molar-refractivity contribution is 5.96. The zero-order valence-electron chi connectivity index (χ0n) is 15.6. The summed E-state index contributed by atoms with van der Waals surface area (Å²) in [5.41, 5.74) is 0.969. The number of esters is 1. The minimum Gasteiger partial charge on any atom is -0.457 e. The molecule has 6 nitrogen and oxygen atoms in total. The Bertz CT molecular complexity index is 1000. The summed E-state index contributed by atoms with van der Waals surface area (Å²) in [6.45, 7) is 1.24. The van der Waals surface area contributed by atoms with Crippen LogP contribution in [0.4, 0.5) is 8.78 Å². The lowest BCUT2D eigenvalue weighted by Gasteiger charge is -2.22. The van der Waals surface area contributed by atoms with Crippen molar-refractivity contribution in [3.8, 4) is 11.3 Å². The molecule has 0 aliphatic carbocycles. The maximum atomic E-state index is 14.3. The molecule has 29 heavy (non-hydrogen) atoms. The molecule has 150 valence electrons. The smallest absolute Gasteiger partial charge is 0.342 e. The third-order valence-electron chi connectivity index (χ3n) is 4.80. The minimum atomic E-state index is -1.03. The van der Waals surface area contributed by atoms with Crippen LogP contribution < -0.4 is 0 Å². The van der Waals surface area contributed by atoms with Gasteiger partial charge in [-0.05, 0) is 30.5 Å². The van der Waals surface area contributed by atoms with Crippen LogP contribution in [0.25, 0.3) is 11.3 Å². The van der Waals surface area contributed by atoms with Crippen molar-refractivity contribution in [2.24, 2.45) is 0 Å². The van der Waals surface area contributed by atoms with Crippen LogP contribution in [-0.4, -0.2) is 33.9 Å². The third-order valence-corrected chi connectivity index (χ3v) is 4.80. The molecule has 1 aliphatic heterocycles. The highest BCUT2D eigenvalue weighted by Crippen LogP contribution is 2.29. The summed E-state index contributed by atoms with van der Waals surface area (Å²) in [7, 11) is 0. The molecule has 0 saturated carbocycles. The number of ether oxygens (including phenoxy) is 2. The Kier molecular flexibility index (Phi) is 5.62. The lowest BCUT2D eigenvalue weighted by Crippen LogP contribution is -2.20. The lowest BCUT2D eigenvalue weighted by atomic mass is 10.1. The molecule has 3 aromatic rings. The molecule has 0 radical (unpaired) electrons. The van der Waals surface area contributed by atoms with Gasteiger partial charge in [0.2, 0.25) is 11.9 Å². The van der Waals surface area contributed by atoms with E-state index in [2.05, 4.69) is 10.1 Å². The fourth-order valence-corrected chi connectivity index (χ4v) is 3.27. The zero-order valence-corrected chi connectivity index (χ0v) is 15.6. The van der Waals surface area contributed by atoms with Gasteiger partial charge < -0.3 is 9.47 Å². The molecule has 0 amide bonds. The second-order valence-corrected chi connectivity index (χ2v) is 6.75. The van der Waals surface area contributed by atoms with E-state index < -0.39 is 17.9 Å². The molecule has 0 N–H and O–H groups in total. The summed E-state index contributed by atoms with van der Waals surface area (Å²) < 4.78 is 40.0. The quantitative estimate of drug-likeness (QED) is 0.480. The van der Waals surface area contributed by atoms with Crippen LogP contribution in [0.2, 0.25) is 0 Å². The molecule has 0 bridgehead atoms. The highest BCUT2D eigenvalue weighted by atomic mass is 19.1. The van der Waals surface area contributed by atoms with E-state index in [0.29, 0.717) is 13.2 Å². The average molecular weight is 399 g/mol. The minimum absolute atomic E-state index is 0.0228. The standard InChI is InChI=1S/C21H19F2N3O3/c22-18-7-6-16(20(23)24-18)19-17(12-26(25-19)15-8-10-28-11-9-15)21(27)29-13-14-4-2-1-3-5-14/h1-7,12,15H,8-11,13H2. The summed E-state index contributed by atoms with van der Waals surface area (Å²) >= 11 is 0. The molecule has 8 heteroatoms. The van der Waals surface area contributed by atoms with Gasteiger partial charge in [0.05, 0.1) is 11.6 Å². The second kappa shape index (κ2) is 8.48. The molecular weight excluding hydrogens is 380 g/mol. The van der Waals surface area contributed by atoms with E-state index >= 15 is 0 Å². The van der Waals surface area contributed by atoms with E-state index in [4.69, 9.17) is 9.47 Å². The molecule has 3 heterocycles. The Labute approximate surface area is 166 Å². The largest absolute Gasteiger partial charge is 0.457 e. The summed E-state index contributed by atoms with van der Waals surface area (Å²) in [5, 5.41) is 4.43. The van der Waals surface area contributed by atoms with Gasteiger partial charge in [-0.15, -0.1) is 0 Å². The van der Waals surface area contributed by atoms with Crippen LogP contribution in [-0.2, 0) is 16.1 Å². The summed E-state index contributed by atoms with van der Waals surface area (Å²) in [6, 6.07) is 11.5. The molecular formula is C21H19F2N3O3. The highest BCUT2D eigenvalue weighted by Gasteiger charge is 2.26. The number of aromatic nitrogens is 3. The van der Waals surface area contributed by atoms with Gasteiger partial charge in [0.25, 0.3) is 0 Å². The second-order valence-electron chi connectivity index (χ2n) is 6.75. The fourth-order valence-electron chi connectivity index (χ4n) is 3.27. The molecule has 1 aromatic carbocycles. The normalized spacial score (nSPS) is 14.7. The molecule has 4 rings (SSSR count). The Balaban J connectivity index is 1.66. The Morgan fingerprint density at radius 1 is 1.14 bits per heavy atom. The van der Waals surface area contributed by atoms with E-state index in [1.165, 1.54) is 6.07 Å². The molecule has 0 atom stereocenters. The monoisotopic (exact) mass is 399 g/mol. The van der Waals surface area contributed by atoms with Crippen molar-refractivity contribution in [3.05, 3.63) is 71.7 Å². The number of pyridine rings is 1. The Morgan fingerprint density at radius 3 is 2.62 bits per heavy atom. The SMILES string of the molecule is O=C(OCc1ccccc1)c1cn(C2CCOCC2)nc1-c1ccc(F)nc1F. The van der Waals surface area contributed by atoms with Gasteiger partial charge in [-0.2, -0.15) is 18.9 Å². The number of halogens is 2. The number of hydrogen-bond acceptors (Lipinski definition) is 5. The van der Waals surface area contributed by atoms with Crippen LogP contribution in [0.3, 0.4) is 0 Å². The first-order valence-corrected chi connectivity index (χ1v) is 9.32. The number of nitrogens with zero attached hydrogens (tertiary/aromatic N) is 3. The Morgan fingerprint density at radius 2 is 1.90 bits per heavy atom. The summed E-state index contributed by atoms with van der Waals surface area (Å²) in [4.78, 5) is 16.0. The molecule has 1 fully saturated rings. The van der Waals surface area contributed by atoms with Gasteiger partial charge in [0.15, 0.2) is 0 Å². The van der Waals surface area contributed by atoms with Gasteiger partial charge in [-0.25, -0.2) is 4.79 Å². The molecule has 2 aromatic heterocycles. The maximum Gasteiger partial charge on any atom is 0.342 e. The summed E-state index contributed by atoms with van der Waals surface area (Å²) in [5.74, 6) is -2.60. The number of rotatable bonds is 5. The predicted molar refractivity (Wildman–Crippen MR) is 100 cm³/mol. The van der Waals surface area contributed by atoms with Crippen molar-refractivity contribution in [1.29, 1.82) is 0 Å². The van der Waals surface area contributed by atoms with Crippen molar-refractivity contribution in [3.63, 3.8) is 0 Å². The van der Waals surface area contributed by atoms with E-state index in [-0.39, 0.29) is 29.5 Å². The van der Waals surface area contributed by atoms with E-state index in [9.17, 15) is 13.6 Å². The molecule has 0 unspecified atom stereocenters. The third kappa shape index (κ3) is 4.32. The van der Waals surface area contributed by atoms with E-state index in [1.54, 1.807) is 10.9 Å². The first kappa shape index (κ1) is 19.2.